The smallest absolute Gasteiger partial charge is 0.261 e. The van der Waals surface area contributed by atoms with Gasteiger partial charge in [0, 0.05) is 26.1 Å². The highest BCUT2D eigenvalue weighted by atomic mass is 16.3. The van der Waals surface area contributed by atoms with Crippen LogP contribution in [0.1, 0.15) is 23.7 Å². The van der Waals surface area contributed by atoms with Crippen LogP contribution in [-0.4, -0.2) is 46.1 Å². The number of benzene rings is 1. The van der Waals surface area contributed by atoms with E-state index in [4.69, 9.17) is 0 Å². The number of phenols is 2. The van der Waals surface area contributed by atoms with Gasteiger partial charge in [-0.3, -0.25) is 9.59 Å². The van der Waals surface area contributed by atoms with Crippen LogP contribution < -0.4 is 5.32 Å². The van der Waals surface area contributed by atoms with E-state index < -0.39 is 5.91 Å². The molecule has 0 radical (unpaired) electrons. The van der Waals surface area contributed by atoms with Crippen molar-refractivity contribution < 1.29 is 19.8 Å². The van der Waals surface area contributed by atoms with Crippen LogP contribution >= 0.6 is 0 Å². The number of carbonyl (C=O) groups excluding carboxylic acids is 2. The number of hydrogen-bond acceptors (Lipinski definition) is 4. The lowest BCUT2D eigenvalue weighted by Crippen LogP contribution is -2.37. The van der Waals surface area contributed by atoms with Crippen molar-refractivity contribution in [3.8, 4) is 11.5 Å². The molecule has 2 rings (SSSR count). The minimum atomic E-state index is -0.427. The van der Waals surface area contributed by atoms with Crippen molar-refractivity contribution in [2.45, 2.75) is 19.4 Å². The average molecular weight is 264 g/mol. The number of likely N-dealkylation sites (tertiary alicyclic amines) is 1. The number of rotatable bonds is 2. The van der Waals surface area contributed by atoms with Crippen LogP contribution in [0.25, 0.3) is 0 Å². The maximum Gasteiger partial charge on any atom is 0.261 e. The topological polar surface area (TPSA) is 89.9 Å². The van der Waals surface area contributed by atoms with Gasteiger partial charge in [0.2, 0.25) is 5.91 Å². The van der Waals surface area contributed by atoms with E-state index in [1.54, 1.807) is 0 Å². The molecule has 1 unspecified atom stereocenters. The highest BCUT2D eigenvalue weighted by Crippen LogP contribution is 2.28. The maximum absolute atomic E-state index is 12.2. The second-order valence-electron chi connectivity index (χ2n) is 4.61. The van der Waals surface area contributed by atoms with Gasteiger partial charge in [0.05, 0.1) is 0 Å². The van der Waals surface area contributed by atoms with Gasteiger partial charge in [-0.2, -0.15) is 0 Å². The molecule has 1 fully saturated rings. The Morgan fingerprint density at radius 2 is 1.95 bits per heavy atom. The third kappa shape index (κ3) is 2.78. The Hall–Kier alpha value is -2.24. The molecule has 6 nitrogen and oxygen atoms in total. The lowest BCUT2D eigenvalue weighted by molar-refractivity contribution is -0.119. The van der Waals surface area contributed by atoms with E-state index in [-0.39, 0.29) is 29.0 Å². The zero-order chi connectivity index (χ0) is 14.0. The van der Waals surface area contributed by atoms with Crippen molar-refractivity contribution in [1.29, 1.82) is 0 Å². The van der Waals surface area contributed by atoms with Gasteiger partial charge in [0.1, 0.15) is 17.1 Å². The molecule has 1 heterocycles. The Morgan fingerprint density at radius 3 is 2.53 bits per heavy atom. The van der Waals surface area contributed by atoms with Crippen LogP contribution in [0, 0.1) is 0 Å². The van der Waals surface area contributed by atoms with Gasteiger partial charge < -0.3 is 20.4 Å². The molecule has 0 saturated carbocycles. The van der Waals surface area contributed by atoms with Crippen molar-refractivity contribution in [2.24, 2.45) is 0 Å². The van der Waals surface area contributed by atoms with Gasteiger partial charge in [-0.05, 0) is 18.6 Å². The normalized spacial score (nSPS) is 18.4. The molecule has 0 aromatic heterocycles. The number of phenolic OH excluding ortho intramolecular Hbond substituents is 2. The number of nitrogens with one attached hydrogen (secondary N) is 1. The van der Waals surface area contributed by atoms with Crippen molar-refractivity contribution in [2.75, 3.05) is 13.1 Å². The summed E-state index contributed by atoms with van der Waals surface area (Å²) >= 11 is 0. The predicted molar refractivity (Wildman–Crippen MR) is 67.9 cm³/mol. The zero-order valence-corrected chi connectivity index (χ0v) is 10.6. The van der Waals surface area contributed by atoms with Gasteiger partial charge in [0.25, 0.3) is 5.91 Å². The first-order valence-corrected chi connectivity index (χ1v) is 6.06. The maximum atomic E-state index is 12.2. The summed E-state index contributed by atoms with van der Waals surface area (Å²) < 4.78 is 0. The predicted octanol–water partition coefficient (Wildman–Crippen LogP) is 0.448. The van der Waals surface area contributed by atoms with E-state index in [0.717, 1.165) is 0 Å². The molecule has 1 atom stereocenters. The first-order valence-electron chi connectivity index (χ1n) is 6.06. The average Bonchev–Trinajstić information content (AvgIpc) is 2.76. The summed E-state index contributed by atoms with van der Waals surface area (Å²) in [5.74, 6) is -1.05. The molecule has 19 heavy (non-hydrogen) atoms. The summed E-state index contributed by atoms with van der Waals surface area (Å²) in [5.41, 5.74) is -0.0917. The molecule has 6 heteroatoms. The lowest BCUT2D eigenvalue weighted by atomic mass is 10.1. The minimum Gasteiger partial charge on any atom is -0.507 e. The van der Waals surface area contributed by atoms with Crippen LogP contribution in [0.4, 0.5) is 0 Å². The van der Waals surface area contributed by atoms with Crippen LogP contribution in [-0.2, 0) is 4.79 Å². The first kappa shape index (κ1) is 13.2. The van der Waals surface area contributed by atoms with Gasteiger partial charge >= 0.3 is 0 Å². The van der Waals surface area contributed by atoms with E-state index in [9.17, 15) is 19.8 Å². The quantitative estimate of drug-likeness (QED) is 0.723. The molecule has 2 amide bonds. The number of amides is 2. The van der Waals surface area contributed by atoms with Gasteiger partial charge in [0.15, 0.2) is 0 Å². The van der Waals surface area contributed by atoms with Crippen molar-refractivity contribution in [3.05, 3.63) is 23.8 Å². The summed E-state index contributed by atoms with van der Waals surface area (Å²) in [6.45, 7) is 2.29. The van der Waals surface area contributed by atoms with Gasteiger partial charge in [-0.25, -0.2) is 0 Å². The summed E-state index contributed by atoms with van der Waals surface area (Å²) in [6.07, 6.45) is 0.666. The minimum absolute atomic E-state index is 0.0746. The van der Waals surface area contributed by atoms with E-state index >= 15 is 0 Å². The molecular formula is C13H16N2O4. The Kier molecular flexibility index (Phi) is 3.59. The van der Waals surface area contributed by atoms with Crippen LogP contribution in [0.15, 0.2) is 18.2 Å². The molecular weight excluding hydrogens is 248 g/mol. The number of hydrogen-bond donors (Lipinski definition) is 3. The Labute approximate surface area is 110 Å². The second-order valence-corrected chi connectivity index (χ2v) is 4.61. The number of aromatic hydroxyl groups is 2. The summed E-state index contributed by atoms with van der Waals surface area (Å²) in [6, 6.07) is 4.10. The van der Waals surface area contributed by atoms with E-state index in [1.165, 1.54) is 30.0 Å². The summed E-state index contributed by atoms with van der Waals surface area (Å²) in [7, 11) is 0. The van der Waals surface area contributed by atoms with Crippen molar-refractivity contribution >= 4 is 11.8 Å². The second kappa shape index (κ2) is 5.17. The van der Waals surface area contributed by atoms with E-state index in [0.29, 0.717) is 19.5 Å². The highest BCUT2D eigenvalue weighted by molar-refractivity contribution is 5.99. The van der Waals surface area contributed by atoms with Gasteiger partial charge in [-0.15, -0.1) is 0 Å². The standard InChI is InChI=1S/C13H16N2O4/c1-8(16)14-9-5-6-15(7-9)13(19)12-10(17)3-2-4-11(12)18/h2-4,9,17-18H,5-7H2,1H3,(H,14,16). The van der Waals surface area contributed by atoms with Crippen molar-refractivity contribution in [1.82, 2.24) is 10.2 Å². The summed E-state index contributed by atoms with van der Waals surface area (Å²) in [4.78, 5) is 24.7. The SMILES string of the molecule is CC(=O)NC1CCN(C(=O)c2c(O)cccc2O)C1. The van der Waals surface area contributed by atoms with Gasteiger partial charge in [-0.1, -0.05) is 6.07 Å². The largest absolute Gasteiger partial charge is 0.507 e. The zero-order valence-electron chi connectivity index (χ0n) is 10.6. The van der Waals surface area contributed by atoms with Crippen LogP contribution in [0.2, 0.25) is 0 Å². The Morgan fingerprint density at radius 1 is 1.32 bits per heavy atom. The van der Waals surface area contributed by atoms with Crippen LogP contribution in [0.5, 0.6) is 11.5 Å². The molecule has 1 aromatic carbocycles. The van der Waals surface area contributed by atoms with Crippen molar-refractivity contribution in [3.63, 3.8) is 0 Å². The molecule has 1 aliphatic heterocycles. The highest BCUT2D eigenvalue weighted by Gasteiger charge is 2.30. The molecule has 0 bridgehead atoms. The van der Waals surface area contributed by atoms with E-state index in [2.05, 4.69) is 5.32 Å². The number of carbonyl (C=O) groups is 2. The molecule has 1 aliphatic rings. The van der Waals surface area contributed by atoms with Crippen LogP contribution in [0.3, 0.4) is 0 Å². The first-order chi connectivity index (χ1) is 8.99. The third-order valence-electron chi connectivity index (χ3n) is 3.12. The number of nitrogens with zero attached hydrogens (tertiary/aromatic N) is 1. The molecule has 102 valence electrons. The molecule has 0 spiro atoms. The Balaban J connectivity index is 2.11. The Bertz CT molecular complexity index is 495. The lowest BCUT2D eigenvalue weighted by Gasteiger charge is -2.18. The fourth-order valence-electron chi connectivity index (χ4n) is 2.26. The fourth-order valence-corrected chi connectivity index (χ4v) is 2.26. The molecule has 1 saturated heterocycles. The molecule has 0 aliphatic carbocycles. The monoisotopic (exact) mass is 264 g/mol. The molecule has 1 aromatic rings. The molecule has 3 N–H and O–H groups in total. The third-order valence-corrected chi connectivity index (χ3v) is 3.12. The summed E-state index contributed by atoms with van der Waals surface area (Å²) in [5, 5.41) is 22.1. The fraction of sp³-hybridized carbons (Fsp3) is 0.385. The van der Waals surface area contributed by atoms with E-state index in [1.807, 2.05) is 0 Å².